The largest absolute Gasteiger partial charge is 0.349 e. The van der Waals surface area contributed by atoms with E-state index in [9.17, 15) is 13.2 Å². The molecule has 1 aromatic rings. The van der Waals surface area contributed by atoms with E-state index in [4.69, 9.17) is 4.84 Å². The van der Waals surface area contributed by atoms with Crippen molar-refractivity contribution in [3.63, 3.8) is 0 Å². The number of rotatable bonds is 5. The van der Waals surface area contributed by atoms with Crippen molar-refractivity contribution in [3.8, 4) is 0 Å². The van der Waals surface area contributed by atoms with Gasteiger partial charge in [-0.1, -0.05) is 24.2 Å². The molecule has 1 N–H and O–H groups in total. The minimum Gasteiger partial charge on any atom is -0.349 e. The number of carbonyl (C=O) groups excluding carboxylic acids is 1. The summed E-state index contributed by atoms with van der Waals surface area (Å²) in [5.74, 6) is 0.158. The molecule has 6 nitrogen and oxygen atoms in total. The van der Waals surface area contributed by atoms with E-state index in [-0.39, 0.29) is 16.8 Å². The van der Waals surface area contributed by atoms with Gasteiger partial charge in [0.25, 0.3) is 15.9 Å². The molecular formula is C16H23BrN2O4S. The predicted molar refractivity (Wildman–Crippen MR) is 95.0 cm³/mol. The number of benzene rings is 1. The summed E-state index contributed by atoms with van der Waals surface area (Å²) >= 11 is 3.33. The minimum atomic E-state index is -3.80. The molecule has 1 aliphatic rings. The highest BCUT2D eigenvalue weighted by atomic mass is 79.9. The number of hydrogen-bond acceptors (Lipinski definition) is 4. The molecule has 134 valence electrons. The van der Waals surface area contributed by atoms with Crippen LogP contribution in [-0.2, 0) is 14.9 Å². The number of sulfonamides is 1. The number of amides is 1. The van der Waals surface area contributed by atoms with E-state index >= 15 is 0 Å². The van der Waals surface area contributed by atoms with E-state index < -0.39 is 10.0 Å². The molecule has 24 heavy (non-hydrogen) atoms. The van der Waals surface area contributed by atoms with Crippen LogP contribution in [0.5, 0.6) is 0 Å². The van der Waals surface area contributed by atoms with Gasteiger partial charge in [0.05, 0.1) is 17.6 Å². The first-order valence-corrected chi connectivity index (χ1v) is 10.1. The fourth-order valence-electron chi connectivity index (χ4n) is 2.86. The molecule has 8 heteroatoms. The Kier molecular flexibility index (Phi) is 6.41. The second-order valence-electron chi connectivity index (χ2n) is 6.08. The van der Waals surface area contributed by atoms with Gasteiger partial charge in [-0.3, -0.25) is 9.63 Å². The lowest BCUT2D eigenvalue weighted by atomic mass is 9.86. The first-order valence-electron chi connectivity index (χ1n) is 7.91. The summed E-state index contributed by atoms with van der Waals surface area (Å²) in [6.07, 6.45) is 4.34. The average Bonchev–Trinajstić information content (AvgIpc) is 2.56. The fraction of sp³-hybridized carbons (Fsp3) is 0.562. The summed E-state index contributed by atoms with van der Waals surface area (Å²) in [6.45, 7) is 2.13. The van der Waals surface area contributed by atoms with Crippen LogP contribution >= 0.6 is 15.9 Å². The first kappa shape index (κ1) is 19.4. The highest BCUT2D eigenvalue weighted by Gasteiger charge is 2.26. The third kappa shape index (κ3) is 4.17. The van der Waals surface area contributed by atoms with E-state index in [1.807, 2.05) is 0 Å². The van der Waals surface area contributed by atoms with Crippen molar-refractivity contribution in [2.75, 3.05) is 14.2 Å². The second-order valence-corrected chi connectivity index (χ2v) is 8.87. The lowest BCUT2D eigenvalue weighted by molar-refractivity contribution is -0.0258. The van der Waals surface area contributed by atoms with Gasteiger partial charge in [0.15, 0.2) is 0 Å². The molecule has 0 radical (unpaired) electrons. The first-order chi connectivity index (χ1) is 11.3. The predicted octanol–water partition coefficient (Wildman–Crippen LogP) is 2.94. The molecule has 1 fully saturated rings. The Bertz CT molecular complexity index is 708. The monoisotopic (exact) mass is 418 g/mol. The van der Waals surface area contributed by atoms with Gasteiger partial charge in [-0.25, -0.2) is 8.42 Å². The van der Waals surface area contributed by atoms with Gasteiger partial charge < -0.3 is 5.32 Å². The van der Waals surface area contributed by atoms with Crippen molar-refractivity contribution in [1.29, 1.82) is 0 Å². The Hall–Kier alpha value is -0.960. The van der Waals surface area contributed by atoms with Crippen LogP contribution in [0.2, 0.25) is 0 Å². The van der Waals surface area contributed by atoms with Crippen molar-refractivity contribution in [3.05, 3.63) is 28.2 Å². The Morgan fingerprint density at radius 1 is 1.33 bits per heavy atom. The van der Waals surface area contributed by atoms with Crippen LogP contribution in [0.25, 0.3) is 0 Å². The van der Waals surface area contributed by atoms with Crippen molar-refractivity contribution in [2.24, 2.45) is 5.92 Å². The third-order valence-corrected chi connectivity index (χ3v) is 6.87. The average molecular weight is 419 g/mol. The maximum atomic E-state index is 12.6. The van der Waals surface area contributed by atoms with Gasteiger partial charge >= 0.3 is 0 Å². The van der Waals surface area contributed by atoms with E-state index in [2.05, 4.69) is 28.2 Å². The number of hydroxylamine groups is 1. The molecule has 0 spiro atoms. The molecular weight excluding hydrogens is 396 g/mol. The van der Waals surface area contributed by atoms with Crippen LogP contribution in [0.1, 0.15) is 43.0 Å². The summed E-state index contributed by atoms with van der Waals surface area (Å²) in [5, 5.41) is 3.04. The molecule has 0 aromatic heterocycles. The molecule has 1 saturated carbocycles. The van der Waals surface area contributed by atoms with Crippen LogP contribution in [0.4, 0.5) is 0 Å². The molecule has 1 aliphatic carbocycles. The lowest BCUT2D eigenvalue weighted by Crippen LogP contribution is -2.41. The minimum absolute atomic E-state index is 0.0110. The van der Waals surface area contributed by atoms with Gasteiger partial charge in [-0.05, 0) is 52.9 Å². The van der Waals surface area contributed by atoms with Crippen LogP contribution in [0, 0.1) is 5.92 Å². The van der Waals surface area contributed by atoms with Crippen LogP contribution in [-0.4, -0.2) is 39.0 Å². The smallest absolute Gasteiger partial charge is 0.264 e. The molecule has 0 aliphatic heterocycles. The van der Waals surface area contributed by atoms with E-state index in [0.29, 0.717) is 16.0 Å². The van der Waals surface area contributed by atoms with E-state index in [0.717, 1.165) is 23.7 Å². The third-order valence-electron chi connectivity index (χ3n) is 4.50. The maximum Gasteiger partial charge on any atom is 0.264 e. The Labute approximate surface area is 151 Å². The molecule has 2 rings (SSSR count). The number of hydrogen-bond donors (Lipinski definition) is 1. The van der Waals surface area contributed by atoms with Crippen molar-refractivity contribution in [1.82, 2.24) is 9.79 Å². The zero-order chi connectivity index (χ0) is 17.9. The standard InChI is InChI=1S/C16H23BrN2O4S/c1-11-6-4-5-7-15(11)18-16(20)13-10-12(8-9-14(13)17)24(21,22)19(2)23-3/h8-11,15H,4-7H2,1-3H3,(H,18,20)/t11-,15-/m0/s1. The zero-order valence-corrected chi connectivity index (χ0v) is 16.5. The zero-order valence-electron chi connectivity index (χ0n) is 14.1. The summed E-state index contributed by atoms with van der Waals surface area (Å²) in [6, 6.07) is 4.50. The van der Waals surface area contributed by atoms with Gasteiger partial charge in [-0.15, -0.1) is 0 Å². The van der Waals surface area contributed by atoms with Crippen molar-refractivity contribution >= 4 is 31.9 Å². The molecule has 1 amide bonds. The van der Waals surface area contributed by atoms with Gasteiger partial charge in [0.1, 0.15) is 0 Å². The SMILES string of the molecule is CON(C)S(=O)(=O)c1ccc(Br)c(C(=O)N[C@H]2CCCC[C@@H]2C)c1. The van der Waals surface area contributed by atoms with E-state index in [1.54, 1.807) is 6.07 Å². The second kappa shape index (κ2) is 7.95. The highest BCUT2D eigenvalue weighted by molar-refractivity contribution is 9.10. The summed E-state index contributed by atoms with van der Waals surface area (Å²) in [5.41, 5.74) is 0.304. The van der Waals surface area contributed by atoms with Crippen LogP contribution in [0.15, 0.2) is 27.6 Å². The Morgan fingerprint density at radius 2 is 2.00 bits per heavy atom. The molecule has 0 bridgehead atoms. The number of carbonyl (C=O) groups is 1. The molecule has 0 saturated heterocycles. The highest BCUT2D eigenvalue weighted by Crippen LogP contribution is 2.26. The summed E-state index contributed by atoms with van der Waals surface area (Å²) in [4.78, 5) is 17.4. The van der Waals surface area contributed by atoms with E-state index in [1.165, 1.54) is 32.7 Å². The quantitative estimate of drug-likeness (QED) is 0.745. The van der Waals surface area contributed by atoms with Crippen LogP contribution < -0.4 is 5.32 Å². The maximum absolute atomic E-state index is 12.6. The Balaban J connectivity index is 2.26. The van der Waals surface area contributed by atoms with Gasteiger partial charge in [0, 0.05) is 17.6 Å². The number of nitrogens with zero attached hydrogens (tertiary/aromatic N) is 1. The molecule has 2 atom stereocenters. The topological polar surface area (TPSA) is 75.7 Å². The fourth-order valence-corrected chi connectivity index (χ4v) is 4.29. The molecule has 0 unspecified atom stereocenters. The summed E-state index contributed by atoms with van der Waals surface area (Å²) < 4.78 is 26.0. The number of halogens is 1. The molecule has 1 aromatic carbocycles. The van der Waals surface area contributed by atoms with Crippen LogP contribution in [0.3, 0.4) is 0 Å². The van der Waals surface area contributed by atoms with Crippen molar-refractivity contribution in [2.45, 2.75) is 43.5 Å². The molecule has 0 heterocycles. The van der Waals surface area contributed by atoms with Gasteiger partial charge in [0.2, 0.25) is 0 Å². The van der Waals surface area contributed by atoms with Gasteiger partial charge in [-0.2, -0.15) is 0 Å². The normalized spacial score (nSPS) is 21.7. The lowest BCUT2D eigenvalue weighted by Gasteiger charge is -2.29. The van der Waals surface area contributed by atoms with Crippen molar-refractivity contribution < 1.29 is 18.0 Å². The number of nitrogens with one attached hydrogen (secondary N) is 1. The Morgan fingerprint density at radius 3 is 2.62 bits per heavy atom. The summed E-state index contributed by atoms with van der Waals surface area (Å²) in [7, 11) is -1.22.